The number of methoxy groups -OCH3 is 1. The Morgan fingerprint density at radius 2 is 1.58 bits per heavy atom. The maximum Gasteiger partial charge on any atom is 0.331 e. The predicted octanol–water partition coefficient (Wildman–Crippen LogP) is 4.05. The molecule has 0 aromatic heterocycles. The van der Waals surface area contributed by atoms with E-state index >= 15 is 0 Å². The van der Waals surface area contributed by atoms with Crippen molar-refractivity contribution in [2.24, 2.45) is 0 Å². The average Bonchev–Trinajstić information content (AvgIpc) is 2.46. The molecule has 0 saturated heterocycles. The zero-order valence-electron chi connectivity index (χ0n) is 10.5. The van der Waals surface area contributed by atoms with Crippen molar-refractivity contribution in [3.63, 3.8) is 0 Å². The third kappa shape index (κ3) is 3.55. The Labute approximate surface area is 120 Å². The molecular weight excluding hydrogens is 304 g/mol. The van der Waals surface area contributed by atoms with Gasteiger partial charge in [-0.05, 0) is 28.8 Å². The summed E-state index contributed by atoms with van der Waals surface area (Å²) in [5, 5.41) is 0. The van der Waals surface area contributed by atoms with Crippen molar-refractivity contribution in [3.05, 3.63) is 76.3 Å². The molecule has 0 aliphatic heterocycles. The number of hydrogen-bond acceptors (Lipinski definition) is 2. The first kappa shape index (κ1) is 13.6. The Kier molecular flexibility index (Phi) is 4.53. The van der Waals surface area contributed by atoms with E-state index in [1.54, 1.807) is 0 Å². The van der Waals surface area contributed by atoms with Crippen LogP contribution in [0, 0.1) is 0 Å². The van der Waals surface area contributed by atoms with Gasteiger partial charge in [0.2, 0.25) is 0 Å². The molecule has 0 saturated carbocycles. The van der Waals surface area contributed by atoms with Crippen LogP contribution in [-0.4, -0.2) is 13.1 Å². The molecule has 3 heteroatoms. The SMILES string of the molecule is COC(=O)/C=C(\c1ccccc1)c1ccc(Br)cc1. The van der Waals surface area contributed by atoms with Crippen molar-refractivity contribution in [2.75, 3.05) is 7.11 Å². The third-order valence-corrected chi connectivity index (χ3v) is 3.23. The fourth-order valence-corrected chi connectivity index (χ4v) is 2.02. The Balaban J connectivity index is 2.49. The molecule has 0 bridgehead atoms. The normalized spacial score (nSPS) is 11.2. The van der Waals surface area contributed by atoms with Gasteiger partial charge in [-0.2, -0.15) is 0 Å². The summed E-state index contributed by atoms with van der Waals surface area (Å²) in [6.07, 6.45) is 1.51. The second-order valence-corrected chi connectivity index (χ2v) is 4.87. The summed E-state index contributed by atoms with van der Waals surface area (Å²) in [6.45, 7) is 0. The van der Waals surface area contributed by atoms with Gasteiger partial charge in [-0.15, -0.1) is 0 Å². The first-order chi connectivity index (χ1) is 9.20. The van der Waals surface area contributed by atoms with Gasteiger partial charge >= 0.3 is 5.97 Å². The minimum Gasteiger partial charge on any atom is -0.466 e. The summed E-state index contributed by atoms with van der Waals surface area (Å²) in [7, 11) is 1.38. The highest BCUT2D eigenvalue weighted by molar-refractivity contribution is 9.10. The lowest BCUT2D eigenvalue weighted by atomic mass is 9.98. The summed E-state index contributed by atoms with van der Waals surface area (Å²) in [5.74, 6) is -0.359. The lowest BCUT2D eigenvalue weighted by molar-refractivity contribution is -0.134. The van der Waals surface area contributed by atoms with Gasteiger partial charge in [0.05, 0.1) is 7.11 Å². The van der Waals surface area contributed by atoms with Gasteiger partial charge in [0.25, 0.3) is 0 Å². The fourth-order valence-electron chi connectivity index (χ4n) is 1.76. The number of carbonyl (C=O) groups is 1. The van der Waals surface area contributed by atoms with Gasteiger partial charge < -0.3 is 4.74 Å². The van der Waals surface area contributed by atoms with Crippen LogP contribution in [0.1, 0.15) is 11.1 Å². The van der Waals surface area contributed by atoms with Crippen LogP contribution >= 0.6 is 15.9 Å². The van der Waals surface area contributed by atoms with Crippen LogP contribution in [0.5, 0.6) is 0 Å². The Morgan fingerprint density at radius 1 is 1.00 bits per heavy atom. The maximum atomic E-state index is 11.5. The molecule has 0 aliphatic rings. The van der Waals surface area contributed by atoms with E-state index < -0.39 is 0 Å². The molecule has 96 valence electrons. The molecule has 2 rings (SSSR count). The molecule has 0 atom stereocenters. The minimum atomic E-state index is -0.359. The molecule has 0 amide bonds. The van der Waals surface area contributed by atoms with E-state index in [-0.39, 0.29) is 5.97 Å². The highest BCUT2D eigenvalue weighted by Gasteiger charge is 2.07. The molecule has 0 unspecified atom stereocenters. The van der Waals surface area contributed by atoms with Gasteiger partial charge in [0.1, 0.15) is 0 Å². The van der Waals surface area contributed by atoms with E-state index in [9.17, 15) is 4.79 Å². The summed E-state index contributed by atoms with van der Waals surface area (Å²) in [5.41, 5.74) is 2.80. The molecule has 0 fully saturated rings. The van der Waals surface area contributed by atoms with Crippen LogP contribution in [-0.2, 0) is 9.53 Å². The first-order valence-corrected chi connectivity index (χ1v) is 6.61. The predicted molar refractivity (Wildman–Crippen MR) is 79.7 cm³/mol. The Morgan fingerprint density at radius 3 is 2.16 bits per heavy atom. The van der Waals surface area contributed by atoms with Crippen LogP contribution < -0.4 is 0 Å². The summed E-state index contributed by atoms with van der Waals surface area (Å²) >= 11 is 3.40. The van der Waals surface area contributed by atoms with Crippen molar-refractivity contribution in [1.29, 1.82) is 0 Å². The van der Waals surface area contributed by atoms with E-state index in [1.165, 1.54) is 13.2 Å². The van der Waals surface area contributed by atoms with Crippen LogP contribution in [0.15, 0.2) is 65.1 Å². The molecular formula is C16H13BrO2. The number of rotatable bonds is 3. The van der Waals surface area contributed by atoms with Gasteiger partial charge in [-0.1, -0.05) is 58.4 Å². The van der Waals surface area contributed by atoms with E-state index in [0.717, 1.165) is 21.2 Å². The van der Waals surface area contributed by atoms with E-state index in [0.29, 0.717) is 0 Å². The van der Waals surface area contributed by atoms with Crippen molar-refractivity contribution < 1.29 is 9.53 Å². The fraction of sp³-hybridized carbons (Fsp3) is 0.0625. The summed E-state index contributed by atoms with van der Waals surface area (Å²) in [4.78, 5) is 11.5. The van der Waals surface area contributed by atoms with Gasteiger partial charge in [0, 0.05) is 10.5 Å². The lowest BCUT2D eigenvalue weighted by Gasteiger charge is -2.08. The van der Waals surface area contributed by atoms with Crippen LogP contribution in [0.4, 0.5) is 0 Å². The molecule has 0 radical (unpaired) electrons. The molecule has 19 heavy (non-hydrogen) atoms. The van der Waals surface area contributed by atoms with Gasteiger partial charge in [0.15, 0.2) is 0 Å². The molecule has 0 heterocycles. The van der Waals surface area contributed by atoms with Crippen molar-refractivity contribution in [1.82, 2.24) is 0 Å². The molecule has 0 spiro atoms. The first-order valence-electron chi connectivity index (χ1n) is 5.81. The molecule has 2 aromatic rings. The highest BCUT2D eigenvalue weighted by Crippen LogP contribution is 2.24. The van der Waals surface area contributed by atoms with Crippen LogP contribution in [0.2, 0.25) is 0 Å². The molecule has 0 aliphatic carbocycles. The monoisotopic (exact) mass is 316 g/mol. The largest absolute Gasteiger partial charge is 0.466 e. The quantitative estimate of drug-likeness (QED) is 0.630. The topological polar surface area (TPSA) is 26.3 Å². The van der Waals surface area contributed by atoms with Crippen molar-refractivity contribution in [3.8, 4) is 0 Å². The second kappa shape index (κ2) is 6.34. The molecule has 0 N–H and O–H groups in total. The smallest absolute Gasteiger partial charge is 0.331 e. The molecule has 2 aromatic carbocycles. The number of esters is 1. The summed E-state index contributed by atoms with van der Waals surface area (Å²) < 4.78 is 5.72. The lowest BCUT2D eigenvalue weighted by Crippen LogP contribution is -1.98. The summed E-state index contributed by atoms with van der Waals surface area (Å²) in [6, 6.07) is 17.6. The van der Waals surface area contributed by atoms with E-state index in [4.69, 9.17) is 4.74 Å². The zero-order chi connectivity index (χ0) is 13.7. The average molecular weight is 317 g/mol. The van der Waals surface area contributed by atoms with Crippen LogP contribution in [0.25, 0.3) is 5.57 Å². The number of ether oxygens (including phenoxy) is 1. The molecule has 2 nitrogen and oxygen atoms in total. The maximum absolute atomic E-state index is 11.5. The number of halogens is 1. The van der Waals surface area contributed by atoms with E-state index in [1.807, 2.05) is 54.6 Å². The standard InChI is InChI=1S/C16H13BrO2/c1-19-16(18)11-15(12-5-3-2-4-6-12)13-7-9-14(17)10-8-13/h2-11H,1H3/b15-11+. The third-order valence-electron chi connectivity index (χ3n) is 2.70. The van der Waals surface area contributed by atoms with Gasteiger partial charge in [-0.25, -0.2) is 4.79 Å². The minimum absolute atomic E-state index is 0.359. The Bertz CT molecular complexity index is 586. The number of hydrogen-bond donors (Lipinski definition) is 0. The number of benzene rings is 2. The zero-order valence-corrected chi connectivity index (χ0v) is 12.1. The van der Waals surface area contributed by atoms with Gasteiger partial charge in [-0.3, -0.25) is 0 Å². The second-order valence-electron chi connectivity index (χ2n) is 3.95. The van der Waals surface area contributed by atoms with Crippen LogP contribution in [0.3, 0.4) is 0 Å². The Hall–Kier alpha value is -1.87. The number of carbonyl (C=O) groups excluding carboxylic acids is 1. The van der Waals surface area contributed by atoms with Crippen molar-refractivity contribution in [2.45, 2.75) is 0 Å². The highest BCUT2D eigenvalue weighted by atomic mass is 79.9. The van der Waals surface area contributed by atoms with E-state index in [2.05, 4.69) is 15.9 Å². The van der Waals surface area contributed by atoms with Crippen molar-refractivity contribution >= 4 is 27.5 Å².